The fourth-order valence-electron chi connectivity index (χ4n) is 2.18. The lowest BCUT2D eigenvalue weighted by molar-refractivity contribution is -0.119. The zero-order chi connectivity index (χ0) is 16.2. The smallest absolute Gasteiger partial charge is 0.240 e. The Bertz CT molecular complexity index is 685. The molecule has 120 valence electrons. The average molecular weight is 325 g/mol. The van der Waals surface area contributed by atoms with Gasteiger partial charge in [0.15, 0.2) is 0 Å². The predicted octanol–water partition coefficient (Wildman–Crippen LogP) is 0.376. The van der Waals surface area contributed by atoms with Crippen molar-refractivity contribution in [3.63, 3.8) is 0 Å². The first-order valence-corrected chi connectivity index (χ1v) is 8.54. The molecule has 1 aliphatic heterocycles. The average Bonchev–Trinajstić information content (AvgIpc) is 2.81. The highest BCUT2D eigenvalue weighted by atomic mass is 32.2. The number of sulfonamides is 1. The van der Waals surface area contributed by atoms with Crippen LogP contribution in [-0.4, -0.2) is 33.3 Å². The lowest BCUT2D eigenvalue weighted by atomic mass is 10.2. The molecule has 22 heavy (non-hydrogen) atoms. The van der Waals surface area contributed by atoms with Crippen molar-refractivity contribution >= 4 is 27.5 Å². The van der Waals surface area contributed by atoms with Gasteiger partial charge in [-0.15, -0.1) is 0 Å². The standard InChI is InChI=1S/C14H19N3O4S/c1-10(18)15-6-2-3-7-16-22(20,21)12-4-5-13-11(8-12)9-14(19)17-13/h4-5,8,16H,2-3,6-7,9H2,1H3,(H,15,18)(H,17,19). The van der Waals surface area contributed by atoms with E-state index in [4.69, 9.17) is 0 Å². The van der Waals surface area contributed by atoms with Gasteiger partial charge in [-0.2, -0.15) is 0 Å². The van der Waals surface area contributed by atoms with Crippen molar-refractivity contribution in [2.45, 2.75) is 31.1 Å². The fourth-order valence-corrected chi connectivity index (χ4v) is 3.30. The summed E-state index contributed by atoms with van der Waals surface area (Å²) in [7, 11) is -3.58. The van der Waals surface area contributed by atoms with Crippen LogP contribution >= 0.6 is 0 Å². The van der Waals surface area contributed by atoms with Crippen LogP contribution in [0.5, 0.6) is 0 Å². The van der Waals surface area contributed by atoms with E-state index in [2.05, 4.69) is 15.4 Å². The topological polar surface area (TPSA) is 104 Å². The lowest BCUT2D eigenvalue weighted by Gasteiger charge is -2.08. The summed E-state index contributed by atoms with van der Waals surface area (Å²) in [4.78, 5) is 22.1. The summed E-state index contributed by atoms with van der Waals surface area (Å²) in [6.07, 6.45) is 1.53. The van der Waals surface area contributed by atoms with Crippen LogP contribution in [0.2, 0.25) is 0 Å². The number of anilines is 1. The van der Waals surface area contributed by atoms with E-state index in [1.807, 2.05) is 0 Å². The van der Waals surface area contributed by atoms with Crippen molar-refractivity contribution in [3.05, 3.63) is 23.8 Å². The number of hydrogen-bond acceptors (Lipinski definition) is 4. The predicted molar refractivity (Wildman–Crippen MR) is 81.9 cm³/mol. The normalized spacial score (nSPS) is 13.6. The quantitative estimate of drug-likeness (QED) is 0.630. The lowest BCUT2D eigenvalue weighted by Crippen LogP contribution is -2.26. The summed E-state index contributed by atoms with van der Waals surface area (Å²) in [6.45, 7) is 2.27. The molecule has 0 bridgehead atoms. The summed E-state index contributed by atoms with van der Waals surface area (Å²) in [6, 6.07) is 4.60. The monoisotopic (exact) mass is 325 g/mol. The number of carbonyl (C=O) groups is 2. The number of amides is 2. The van der Waals surface area contributed by atoms with Gasteiger partial charge in [0.2, 0.25) is 21.8 Å². The first kappa shape index (κ1) is 16.4. The van der Waals surface area contributed by atoms with Crippen LogP contribution in [-0.2, 0) is 26.0 Å². The number of rotatable bonds is 7. The second-order valence-electron chi connectivity index (χ2n) is 5.13. The van der Waals surface area contributed by atoms with Crippen molar-refractivity contribution in [2.75, 3.05) is 18.4 Å². The zero-order valence-corrected chi connectivity index (χ0v) is 13.1. The van der Waals surface area contributed by atoms with Crippen molar-refractivity contribution in [1.29, 1.82) is 0 Å². The summed E-state index contributed by atoms with van der Waals surface area (Å²) >= 11 is 0. The van der Waals surface area contributed by atoms with Gasteiger partial charge in [-0.25, -0.2) is 13.1 Å². The molecule has 0 spiro atoms. The van der Waals surface area contributed by atoms with Crippen molar-refractivity contribution in [1.82, 2.24) is 10.0 Å². The summed E-state index contributed by atoms with van der Waals surface area (Å²) in [5.41, 5.74) is 1.36. The number of fused-ring (bicyclic) bond motifs is 1. The Morgan fingerprint density at radius 2 is 2.00 bits per heavy atom. The van der Waals surface area contributed by atoms with Gasteiger partial charge in [0.05, 0.1) is 11.3 Å². The Labute approximate surface area is 129 Å². The summed E-state index contributed by atoms with van der Waals surface area (Å²) in [5.74, 6) is -0.225. The minimum absolute atomic E-state index is 0.0955. The molecule has 2 amide bonds. The molecule has 0 radical (unpaired) electrons. The highest BCUT2D eigenvalue weighted by Crippen LogP contribution is 2.25. The Hall–Kier alpha value is -1.93. The Morgan fingerprint density at radius 3 is 2.73 bits per heavy atom. The maximum absolute atomic E-state index is 12.2. The highest BCUT2D eigenvalue weighted by molar-refractivity contribution is 7.89. The summed E-state index contributed by atoms with van der Waals surface area (Å²) in [5, 5.41) is 5.32. The van der Waals surface area contributed by atoms with Gasteiger partial charge in [-0.05, 0) is 36.6 Å². The molecule has 0 saturated carbocycles. The number of nitrogens with one attached hydrogen (secondary N) is 3. The van der Waals surface area contributed by atoms with E-state index in [1.54, 1.807) is 6.07 Å². The van der Waals surface area contributed by atoms with Crippen LogP contribution in [0.25, 0.3) is 0 Å². The second-order valence-corrected chi connectivity index (χ2v) is 6.90. The zero-order valence-electron chi connectivity index (χ0n) is 12.3. The number of benzene rings is 1. The largest absolute Gasteiger partial charge is 0.356 e. The Kier molecular flexibility index (Phi) is 5.15. The van der Waals surface area contributed by atoms with Crippen LogP contribution in [0.3, 0.4) is 0 Å². The number of hydrogen-bond donors (Lipinski definition) is 3. The van der Waals surface area contributed by atoms with E-state index >= 15 is 0 Å². The van der Waals surface area contributed by atoms with Crippen LogP contribution in [0.15, 0.2) is 23.1 Å². The molecular formula is C14H19N3O4S. The van der Waals surface area contributed by atoms with E-state index in [9.17, 15) is 18.0 Å². The second kappa shape index (κ2) is 6.89. The van der Waals surface area contributed by atoms with E-state index in [0.717, 1.165) is 0 Å². The third-order valence-corrected chi connectivity index (χ3v) is 4.74. The number of carbonyl (C=O) groups excluding carboxylic acids is 2. The molecule has 0 fully saturated rings. The van der Waals surface area contributed by atoms with E-state index in [0.29, 0.717) is 37.2 Å². The van der Waals surface area contributed by atoms with Gasteiger partial charge in [-0.3, -0.25) is 9.59 Å². The maximum Gasteiger partial charge on any atom is 0.240 e. The highest BCUT2D eigenvalue weighted by Gasteiger charge is 2.21. The van der Waals surface area contributed by atoms with Crippen LogP contribution in [0, 0.1) is 0 Å². The third kappa shape index (κ3) is 4.28. The molecule has 1 aliphatic rings. The molecule has 0 aromatic heterocycles. The minimum Gasteiger partial charge on any atom is -0.356 e. The van der Waals surface area contributed by atoms with Crippen LogP contribution in [0.1, 0.15) is 25.3 Å². The molecule has 1 aromatic carbocycles. The Balaban J connectivity index is 1.87. The van der Waals surface area contributed by atoms with E-state index < -0.39 is 10.0 Å². The maximum atomic E-state index is 12.2. The molecule has 1 aromatic rings. The molecule has 1 heterocycles. The van der Waals surface area contributed by atoms with Gasteiger partial charge >= 0.3 is 0 Å². The summed E-state index contributed by atoms with van der Waals surface area (Å²) < 4.78 is 26.9. The minimum atomic E-state index is -3.58. The SMILES string of the molecule is CC(=O)NCCCCNS(=O)(=O)c1ccc2c(c1)CC(=O)N2. The van der Waals surface area contributed by atoms with Gasteiger partial charge in [0.25, 0.3) is 0 Å². The van der Waals surface area contributed by atoms with Crippen LogP contribution < -0.4 is 15.4 Å². The van der Waals surface area contributed by atoms with E-state index in [-0.39, 0.29) is 23.1 Å². The molecular weight excluding hydrogens is 306 g/mol. The number of unbranched alkanes of at least 4 members (excludes halogenated alkanes) is 1. The van der Waals surface area contributed by atoms with Crippen LogP contribution in [0.4, 0.5) is 5.69 Å². The van der Waals surface area contributed by atoms with Gasteiger partial charge in [-0.1, -0.05) is 0 Å². The van der Waals surface area contributed by atoms with Gasteiger partial charge in [0, 0.05) is 25.7 Å². The first-order valence-electron chi connectivity index (χ1n) is 7.05. The van der Waals surface area contributed by atoms with Crippen molar-refractivity contribution < 1.29 is 18.0 Å². The van der Waals surface area contributed by atoms with Crippen molar-refractivity contribution in [2.24, 2.45) is 0 Å². The van der Waals surface area contributed by atoms with Gasteiger partial charge in [0.1, 0.15) is 0 Å². The van der Waals surface area contributed by atoms with Gasteiger partial charge < -0.3 is 10.6 Å². The molecule has 0 saturated heterocycles. The molecule has 0 aliphatic carbocycles. The van der Waals surface area contributed by atoms with Crippen molar-refractivity contribution in [3.8, 4) is 0 Å². The molecule has 7 nitrogen and oxygen atoms in total. The molecule has 2 rings (SSSR count). The molecule has 8 heteroatoms. The first-order chi connectivity index (χ1) is 10.4. The fraction of sp³-hybridized carbons (Fsp3) is 0.429. The molecule has 3 N–H and O–H groups in total. The molecule has 0 unspecified atom stereocenters. The van der Waals surface area contributed by atoms with E-state index in [1.165, 1.54) is 19.1 Å². The molecule has 0 atom stereocenters. The Morgan fingerprint density at radius 1 is 1.27 bits per heavy atom. The third-order valence-electron chi connectivity index (χ3n) is 3.28.